The molecule has 2 aromatic carbocycles. The molecule has 0 aromatic heterocycles. The molecule has 0 fully saturated rings. The zero-order chi connectivity index (χ0) is 14.8. The van der Waals surface area contributed by atoms with E-state index in [1.165, 1.54) is 27.8 Å². The van der Waals surface area contributed by atoms with Gasteiger partial charge in [-0.25, -0.2) is 0 Å². The van der Waals surface area contributed by atoms with Crippen molar-refractivity contribution in [3.05, 3.63) is 70.3 Å². The van der Waals surface area contributed by atoms with Crippen molar-refractivity contribution in [2.45, 2.75) is 45.4 Å². The lowest BCUT2D eigenvalue weighted by molar-refractivity contribution is -0.120. The van der Waals surface area contributed by atoms with Crippen LogP contribution in [-0.4, -0.2) is 5.78 Å². The van der Waals surface area contributed by atoms with Gasteiger partial charge in [-0.05, 0) is 55.4 Å². The van der Waals surface area contributed by atoms with E-state index < -0.39 is 0 Å². The number of carbonyl (C=O) groups excluding carboxylic acids is 1. The molecule has 108 valence electrons. The molecule has 0 spiro atoms. The number of aryl methyl sites for hydroxylation is 3. The van der Waals surface area contributed by atoms with Gasteiger partial charge in [0.25, 0.3) is 0 Å². The summed E-state index contributed by atoms with van der Waals surface area (Å²) in [5.74, 6) is 0.464. The summed E-state index contributed by atoms with van der Waals surface area (Å²) in [5, 5.41) is 0. The maximum absolute atomic E-state index is 12.8. The molecule has 0 aliphatic heterocycles. The van der Waals surface area contributed by atoms with E-state index in [4.69, 9.17) is 0 Å². The van der Waals surface area contributed by atoms with Crippen LogP contribution in [0, 0.1) is 13.8 Å². The second-order valence-corrected chi connectivity index (χ2v) is 6.22. The zero-order valence-electron chi connectivity index (χ0n) is 12.9. The third-order valence-corrected chi connectivity index (χ3v) is 4.63. The molecule has 0 saturated carbocycles. The first-order valence-corrected chi connectivity index (χ1v) is 7.82. The van der Waals surface area contributed by atoms with Crippen LogP contribution < -0.4 is 0 Å². The van der Waals surface area contributed by atoms with Crippen LogP contribution in [-0.2, 0) is 17.6 Å². The fraction of sp³-hybridized carbons (Fsp3) is 0.350. The van der Waals surface area contributed by atoms with E-state index >= 15 is 0 Å². The summed E-state index contributed by atoms with van der Waals surface area (Å²) in [7, 11) is 0. The van der Waals surface area contributed by atoms with Gasteiger partial charge in [-0.1, -0.05) is 48.0 Å². The van der Waals surface area contributed by atoms with Crippen LogP contribution in [0.3, 0.4) is 0 Å². The molecule has 1 heteroatoms. The van der Waals surface area contributed by atoms with Gasteiger partial charge in [0.2, 0.25) is 0 Å². The average molecular weight is 278 g/mol. The Balaban J connectivity index is 1.85. The molecule has 0 radical (unpaired) electrons. The van der Waals surface area contributed by atoms with Gasteiger partial charge in [-0.15, -0.1) is 0 Å². The third kappa shape index (κ3) is 2.92. The highest BCUT2D eigenvalue weighted by Crippen LogP contribution is 2.33. The lowest BCUT2D eigenvalue weighted by Gasteiger charge is -2.24. The largest absolute Gasteiger partial charge is 0.299 e. The standard InChI is InChI=1S/C20H22O/c1-14-10-11-15(2)17(12-14)13-20(21)19-9-5-7-16-6-3-4-8-18(16)19/h3-4,6,8,10-12,19H,5,7,9,13H2,1-2H3. The van der Waals surface area contributed by atoms with Crippen molar-refractivity contribution < 1.29 is 4.79 Å². The summed E-state index contributed by atoms with van der Waals surface area (Å²) in [6.07, 6.45) is 3.80. The third-order valence-electron chi connectivity index (χ3n) is 4.63. The summed E-state index contributed by atoms with van der Waals surface area (Å²) in [5.41, 5.74) is 6.26. The van der Waals surface area contributed by atoms with Gasteiger partial charge in [-0.3, -0.25) is 4.79 Å². The molecule has 0 heterocycles. The molecule has 0 saturated heterocycles. The molecule has 21 heavy (non-hydrogen) atoms. The monoisotopic (exact) mass is 278 g/mol. The summed E-state index contributed by atoms with van der Waals surface area (Å²) < 4.78 is 0. The van der Waals surface area contributed by atoms with Crippen LogP contribution in [0.5, 0.6) is 0 Å². The molecule has 1 unspecified atom stereocenters. The second-order valence-electron chi connectivity index (χ2n) is 6.22. The molecule has 1 aliphatic carbocycles. The van der Waals surface area contributed by atoms with Crippen molar-refractivity contribution >= 4 is 5.78 Å². The molecule has 2 aromatic rings. The number of rotatable bonds is 3. The van der Waals surface area contributed by atoms with Gasteiger partial charge >= 0.3 is 0 Å². The van der Waals surface area contributed by atoms with E-state index in [-0.39, 0.29) is 5.92 Å². The molecule has 1 aliphatic rings. The highest BCUT2D eigenvalue weighted by molar-refractivity contribution is 5.88. The number of Topliss-reactive ketones (excluding diaryl/α,β-unsaturated/α-hetero) is 1. The number of hydrogen-bond acceptors (Lipinski definition) is 1. The highest BCUT2D eigenvalue weighted by Gasteiger charge is 2.26. The van der Waals surface area contributed by atoms with Crippen molar-refractivity contribution in [2.24, 2.45) is 0 Å². The molecule has 0 bridgehead atoms. The molecule has 1 atom stereocenters. The summed E-state index contributed by atoms with van der Waals surface area (Å²) in [6.45, 7) is 4.18. The number of benzene rings is 2. The van der Waals surface area contributed by atoms with E-state index in [1.54, 1.807) is 0 Å². The van der Waals surface area contributed by atoms with E-state index in [9.17, 15) is 4.79 Å². The quantitative estimate of drug-likeness (QED) is 0.806. The topological polar surface area (TPSA) is 17.1 Å². The maximum Gasteiger partial charge on any atom is 0.144 e. The fourth-order valence-electron chi connectivity index (χ4n) is 3.39. The van der Waals surface area contributed by atoms with Crippen molar-refractivity contribution in [1.29, 1.82) is 0 Å². The van der Waals surface area contributed by atoms with E-state index in [1.807, 2.05) is 0 Å². The highest BCUT2D eigenvalue weighted by atomic mass is 16.1. The van der Waals surface area contributed by atoms with Gasteiger partial charge in [0.15, 0.2) is 0 Å². The van der Waals surface area contributed by atoms with Crippen LogP contribution in [0.2, 0.25) is 0 Å². The average Bonchev–Trinajstić information content (AvgIpc) is 2.50. The Morgan fingerprint density at radius 3 is 2.81 bits per heavy atom. The minimum absolute atomic E-state index is 0.0925. The predicted molar refractivity (Wildman–Crippen MR) is 86.7 cm³/mol. The summed E-state index contributed by atoms with van der Waals surface area (Å²) in [6, 6.07) is 14.8. The van der Waals surface area contributed by atoms with E-state index in [0.29, 0.717) is 12.2 Å². The lowest BCUT2D eigenvalue weighted by atomic mass is 9.79. The number of hydrogen-bond donors (Lipinski definition) is 0. The van der Waals surface area contributed by atoms with Gasteiger partial charge in [-0.2, -0.15) is 0 Å². The van der Waals surface area contributed by atoms with Crippen LogP contribution in [0.1, 0.15) is 46.6 Å². The first kappa shape index (κ1) is 14.1. The minimum atomic E-state index is 0.0925. The molecule has 0 amide bonds. The van der Waals surface area contributed by atoms with Crippen molar-refractivity contribution in [3.8, 4) is 0 Å². The van der Waals surface area contributed by atoms with Crippen molar-refractivity contribution in [1.82, 2.24) is 0 Å². The van der Waals surface area contributed by atoms with Gasteiger partial charge < -0.3 is 0 Å². The molecule has 0 N–H and O–H groups in total. The Kier molecular flexibility index (Phi) is 3.92. The first-order chi connectivity index (χ1) is 10.1. The Bertz CT molecular complexity index is 669. The number of ketones is 1. The Morgan fingerprint density at radius 1 is 1.14 bits per heavy atom. The normalized spacial score (nSPS) is 17.3. The SMILES string of the molecule is Cc1ccc(C)c(CC(=O)C2CCCc3ccccc32)c1. The lowest BCUT2D eigenvalue weighted by Crippen LogP contribution is -2.20. The fourth-order valence-corrected chi connectivity index (χ4v) is 3.39. The van der Waals surface area contributed by atoms with Crippen LogP contribution in [0.25, 0.3) is 0 Å². The smallest absolute Gasteiger partial charge is 0.144 e. The van der Waals surface area contributed by atoms with Gasteiger partial charge in [0.1, 0.15) is 5.78 Å². The van der Waals surface area contributed by atoms with Gasteiger partial charge in [0, 0.05) is 12.3 Å². The Morgan fingerprint density at radius 2 is 1.95 bits per heavy atom. The van der Waals surface area contributed by atoms with Gasteiger partial charge in [0.05, 0.1) is 0 Å². The minimum Gasteiger partial charge on any atom is -0.299 e. The predicted octanol–water partition coefficient (Wildman–Crippen LogP) is 4.54. The van der Waals surface area contributed by atoms with Crippen LogP contribution >= 0.6 is 0 Å². The number of fused-ring (bicyclic) bond motifs is 1. The zero-order valence-corrected chi connectivity index (χ0v) is 12.9. The summed E-state index contributed by atoms with van der Waals surface area (Å²) >= 11 is 0. The van der Waals surface area contributed by atoms with Crippen LogP contribution in [0.4, 0.5) is 0 Å². The molecular weight excluding hydrogens is 256 g/mol. The first-order valence-electron chi connectivity index (χ1n) is 7.82. The molecule has 3 rings (SSSR count). The van der Waals surface area contributed by atoms with E-state index in [0.717, 1.165) is 19.3 Å². The van der Waals surface area contributed by atoms with Crippen LogP contribution in [0.15, 0.2) is 42.5 Å². The Labute approximate surface area is 127 Å². The Hall–Kier alpha value is -1.89. The van der Waals surface area contributed by atoms with E-state index in [2.05, 4.69) is 56.3 Å². The number of carbonyl (C=O) groups is 1. The maximum atomic E-state index is 12.8. The molecular formula is C20H22O. The van der Waals surface area contributed by atoms with Crippen molar-refractivity contribution in [2.75, 3.05) is 0 Å². The summed E-state index contributed by atoms with van der Waals surface area (Å²) in [4.78, 5) is 12.8. The van der Waals surface area contributed by atoms with Crippen molar-refractivity contribution in [3.63, 3.8) is 0 Å². The second kappa shape index (κ2) is 5.85. The molecule has 1 nitrogen and oxygen atoms in total.